The number of piperidine rings is 1. The maximum absolute atomic E-state index is 13.0. The minimum atomic E-state index is -0.0131. The summed E-state index contributed by atoms with van der Waals surface area (Å²) in [6.45, 7) is 3.79. The average molecular weight is 383 g/mol. The number of benzene rings is 1. The van der Waals surface area contributed by atoms with Crippen LogP contribution in [0.3, 0.4) is 0 Å². The monoisotopic (exact) mass is 382 g/mol. The highest BCUT2D eigenvalue weighted by Gasteiger charge is 2.31. The molecule has 2 aliphatic rings. The number of methoxy groups -OCH3 is 1. The summed E-state index contributed by atoms with van der Waals surface area (Å²) in [6.07, 6.45) is 6.71. The standard InChI is InChI=1S/C22H30N4O2/c1-15-8-3-4-10-17(15)24-21(27)16-9-7-13-26(14-16)20-22(28-2)25-19-12-6-5-11-18(19)23-20/h5-6,11-12,15-17H,3-4,7-10,13-14H2,1-2H3,(H,24,27)/t15-,16-,17-/m0/s1. The maximum Gasteiger partial charge on any atom is 0.257 e. The van der Waals surface area contributed by atoms with Gasteiger partial charge < -0.3 is 15.0 Å². The Kier molecular flexibility index (Phi) is 5.64. The van der Waals surface area contributed by atoms with Gasteiger partial charge in [-0.1, -0.05) is 31.9 Å². The van der Waals surface area contributed by atoms with E-state index in [-0.39, 0.29) is 11.8 Å². The first-order valence-corrected chi connectivity index (χ1v) is 10.5. The lowest BCUT2D eigenvalue weighted by molar-refractivity contribution is -0.126. The van der Waals surface area contributed by atoms with E-state index in [9.17, 15) is 4.79 Å². The number of rotatable bonds is 4. The highest BCUT2D eigenvalue weighted by Crippen LogP contribution is 2.31. The number of hydrogen-bond donors (Lipinski definition) is 1. The summed E-state index contributed by atoms with van der Waals surface area (Å²) in [5.74, 6) is 2.02. The zero-order valence-corrected chi connectivity index (χ0v) is 16.9. The minimum absolute atomic E-state index is 0.0131. The molecule has 0 spiro atoms. The molecular formula is C22H30N4O2. The Morgan fingerprint density at radius 2 is 1.86 bits per heavy atom. The summed E-state index contributed by atoms with van der Waals surface area (Å²) in [4.78, 5) is 24.5. The topological polar surface area (TPSA) is 67.4 Å². The molecule has 0 unspecified atom stereocenters. The number of carbonyl (C=O) groups is 1. The van der Waals surface area contributed by atoms with Gasteiger partial charge in [-0.25, -0.2) is 9.97 Å². The predicted molar refractivity (Wildman–Crippen MR) is 111 cm³/mol. The van der Waals surface area contributed by atoms with Crippen LogP contribution in [0.5, 0.6) is 5.88 Å². The lowest BCUT2D eigenvalue weighted by Gasteiger charge is -2.35. The van der Waals surface area contributed by atoms with E-state index in [1.54, 1.807) is 7.11 Å². The second kappa shape index (κ2) is 8.33. The number of amides is 1. The molecule has 1 saturated carbocycles. The van der Waals surface area contributed by atoms with E-state index in [4.69, 9.17) is 9.72 Å². The molecule has 3 atom stereocenters. The van der Waals surface area contributed by atoms with E-state index in [1.165, 1.54) is 19.3 Å². The Bertz CT molecular complexity index is 840. The van der Waals surface area contributed by atoms with E-state index in [0.29, 0.717) is 24.4 Å². The van der Waals surface area contributed by atoms with Crippen molar-refractivity contribution in [2.45, 2.75) is 51.5 Å². The molecule has 1 aliphatic heterocycles. The number of hydrogen-bond acceptors (Lipinski definition) is 5. The van der Waals surface area contributed by atoms with E-state index in [1.807, 2.05) is 24.3 Å². The van der Waals surface area contributed by atoms with Crippen LogP contribution in [0.4, 0.5) is 5.82 Å². The van der Waals surface area contributed by atoms with Gasteiger partial charge in [-0.2, -0.15) is 0 Å². The molecule has 2 heterocycles. The zero-order chi connectivity index (χ0) is 19.5. The molecular weight excluding hydrogens is 352 g/mol. The second-order valence-electron chi connectivity index (χ2n) is 8.21. The van der Waals surface area contributed by atoms with Crippen molar-refractivity contribution in [1.82, 2.24) is 15.3 Å². The lowest BCUT2D eigenvalue weighted by atomic mass is 9.85. The van der Waals surface area contributed by atoms with Crippen LogP contribution in [-0.4, -0.2) is 42.1 Å². The molecule has 2 aromatic rings. The number of nitrogens with zero attached hydrogens (tertiary/aromatic N) is 3. The third kappa shape index (κ3) is 3.91. The van der Waals surface area contributed by atoms with Crippen molar-refractivity contribution >= 4 is 22.8 Å². The fourth-order valence-corrected chi connectivity index (χ4v) is 4.53. The first-order valence-electron chi connectivity index (χ1n) is 10.5. The van der Waals surface area contributed by atoms with Crippen LogP contribution in [0.2, 0.25) is 0 Å². The summed E-state index contributed by atoms with van der Waals surface area (Å²) in [7, 11) is 1.63. The van der Waals surface area contributed by atoms with Crippen molar-refractivity contribution in [3.05, 3.63) is 24.3 Å². The van der Waals surface area contributed by atoms with Gasteiger partial charge in [0.05, 0.1) is 24.1 Å². The van der Waals surface area contributed by atoms with Gasteiger partial charge in [-0.3, -0.25) is 4.79 Å². The van der Waals surface area contributed by atoms with E-state index >= 15 is 0 Å². The third-order valence-corrected chi connectivity index (χ3v) is 6.25. The molecule has 4 rings (SSSR count). The van der Waals surface area contributed by atoms with Gasteiger partial charge in [-0.05, 0) is 43.7 Å². The first-order chi connectivity index (χ1) is 13.7. The van der Waals surface area contributed by atoms with Crippen LogP contribution in [0.1, 0.15) is 45.4 Å². The summed E-state index contributed by atoms with van der Waals surface area (Å²) in [5.41, 5.74) is 1.67. The number of fused-ring (bicyclic) bond motifs is 1. The maximum atomic E-state index is 13.0. The van der Waals surface area contributed by atoms with Gasteiger partial charge in [0.25, 0.3) is 5.88 Å². The molecule has 1 aromatic heterocycles. The van der Waals surface area contributed by atoms with Crippen LogP contribution in [-0.2, 0) is 4.79 Å². The van der Waals surface area contributed by atoms with Crippen LogP contribution >= 0.6 is 0 Å². The quantitative estimate of drug-likeness (QED) is 0.876. The molecule has 28 heavy (non-hydrogen) atoms. The number of para-hydroxylation sites is 2. The van der Waals surface area contributed by atoms with Gasteiger partial charge in [0, 0.05) is 19.1 Å². The van der Waals surface area contributed by atoms with Crippen LogP contribution in [0, 0.1) is 11.8 Å². The number of ether oxygens (including phenoxy) is 1. The van der Waals surface area contributed by atoms with Gasteiger partial charge >= 0.3 is 0 Å². The van der Waals surface area contributed by atoms with Crippen molar-refractivity contribution < 1.29 is 9.53 Å². The molecule has 1 N–H and O–H groups in total. The zero-order valence-electron chi connectivity index (χ0n) is 16.9. The summed E-state index contributed by atoms with van der Waals surface area (Å²) in [5, 5.41) is 3.34. The Labute approximate surface area is 166 Å². The van der Waals surface area contributed by atoms with Crippen molar-refractivity contribution in [3.8, 4) is 5.88 Å². The van der Waals surface area contributed by atoms with Gasteiger partial charge in [0.1, 0.15) is 0 Å². The van der Waals surface area contributed by atoms with E-state index in [0.717, 1.165) is 42.7 Å². The number of nitrogens with one attached hydrogen (secondary N) is 1. The summed E-state index contributed by atoms with van der Waals surface area (Å²) >= 11 is 0. The lowest BCUT2D eigenvalue weighted by Crippen LogP contribution is -2.48. The minimum Gasteiger partial charge on any atom is -0.478 e. The van der Waals surface area contributed by atoms with Crippen molar-refractivity contribution in [2.75, 3.05) is 25.1 Å². The van der Waals surface area contributed by atoms with Crippen molar-refractivity contribution in [3.63, 3.8) is 0 Å². The third-order valence-electron chi connectivity index (χ3n) is 6.25. The number of aromatic nitrogens is 2. The summed E-state index contributed by atoms with van der Waals surface area (Å²) in [6, 6.07) is 8.14. The molecule has 6 heteroatoms. The second-order valence-corrected chi connectivity index (χ2v) is 8.21. The van der Waals surface area contributed by atoms with Crippen LogP contribution in [0.15, 0.2) is 24.3 Å². The highest BCUT2D eigenvalue weighted by molar-refractivity contribution is 5.81. The summed E-state index contributed by atoms with van der Waals surface area (Å²) < 4.78 is 5.52. The van der Waals surface area contributed by atoms with Crippen LogP contribution in [0.25, 0.3) is 11.0 Å². The number of carbonyl (C=O) groups excluding carboxylic acids is 1. The van der Waals surface area contributed by atoms with Gasteiger partial charge in [0.2, 0.25) is 5.91 Å². The predicted octanol–water partition coefficient (Wildman–Crippen LogP) is 3.55. The molecule has 1 aromatic carbocycles. The van der Waals surface area contributed by atoms with Crippen molar-refractivity contribution in [2.24, 2.45) is 11.8 Å². The fourth-order valence-electron chi connectivity index (χ4n) is 4.53. The van der Waals surface area contributed by atoms with E-state index < -0.39 is 0 Å². The first kappa shape index (κ1) is 19.0. The Morgan fingerprint density at radius 3 is 2.61 bits per heavy atom. The Hall–Kier alpha value is -2.37. The fraction of sp³-hybridized carbons (Fsp3) is 0.591. The van der Waals surface area contributed by atoms with E-state index in [2.05, 4.69) is 22.1 Å². The number of anilines is 1. The SMILES string of the molecule is COc1nc2ccccc2nc1N1CCC[C@H](C(=O)N[C@H]2CCCC[C@@H]2C)C1. The van der Waals surface area contributed by atoms with Gasteiger partial charge in [0.15, 0.2) is 5.82 Å². The Balaban J connectivity index is 1.50. The normalized spacial score (nSPS) is 25.5. The van der Waals surface area contributed by atoms with Gasteiger partial charge in [-0.15, -0.1) is 0 Å². The molecule has 1 amide bonds. The molecule has 1 aliphatic carbocycles. The van der Waals surface area contributed by atoms with Crippen LogP contribution < -0.4 is 15.0 Å². The Morgan fingerprint density at radius 1 is 1.11 bits per heavy atom. The smallest absolute Gasteiger partial charge is 0.257 e. The molecule has 0 radical (unpaired) electrons. The molecule has 6 nitrogen and oxygen atoms in total. The van der Waals surface area contributed by atoms with Crippen molar-refractivity contribution in [1.29, 1.82) is 0 Å². The molecule has 2 fully saturated rings. The molecule has 1 saturated heterocycles. The largest absolute Gasteiger partial charge is 0.478 e. The molecule has 0 bridgehead atoms. The highest BCUT2D eigenvalue weighted by atomic mass is 16.5. The molecule has 150 valence electrons. The average Bonchev–Trinajstić information content (AvgIpc) is 2.74.